The number of fused-ring (bicyclic) bond motifs is 5. The van der Waals surface area contributed by atoms with E-state index in [-0.39, 0.29) is 35.5 Å². The number of nitrogens with zero attached hydrogens (tertiary/aromatic N) is 3. The average Bonchev–Trinajstić information content (AvgIpc) is 3.27. The smallest absolute Gasteiger partial charge is 0.233 e. The Labute approximate surface area is 145 Å². The van der Waals surface area contributed by atoms with Crippen LogP contribution in [0.4, 0.5) is 5.13 Å². The van der Waals surface area contributed by atoms with Crippen LogP contribution in [0.25, 0.3) is 0 Å². The van der Waals surface area contributed by atoms with Gasteiger partial charge in [-0.3, -0.25) is 14.5 Å². The van der Waals surface area contributed by atoms with E-state index in [2.05, 4.69) is 40.7 Å². The largest absolute Gasteiger partial charge is 0.358 e. The lowest BCUT2D eigenvalue weighted by Crippen LogP contribution is -2.36. The molecule has 2 fully saturated rings. The molecule has 0 spiro atoms. The van der Waals surface area contributed by atoms with Crippen molar-refractivity contribution in [3.8, 4) is 0 Å². The first-order valence-corrected chi connectivity index (χ1v) is 9.42. The van der Waals surface area contributed by atoms with Crippen LogP contribution in [0.15, 0.2) is 12.2 Å². The molecule has 4 unspecified atom stereocenters. The summed E-state index contributed by atoms with van der Waals surface area (Å²) in [6.45, 7) is 5.20. The lowest BCUT2D eigenvalue weighted by molar-refractivity contribution is -0.140. The predicted molar refractivity (Wildman–Crippen MR) is 91.4 cm³/mol. The molecule has 4 atom stereocenters. The van der Waals surface area contributed by atoms with Crippen LogP contribution in [0.5, 0.6) is 0 Å². The second kappa shape index (κ2) is 5.95. The molecule has 6 nitrogen and oxygen atoms in total. The van der Waals surface area contributed by atoms with Gasteiger partial charge in [0.2, 0.25) is 16.9 Å². The molecule has 2 aliphatic carbocycles. The van der Waals surface area contributed by atoms with Gasteiger partial charge in [-0.15, -0.1) is 0 Å². The van der Waals surface area contributed by atoms with Crippen molar-refractivity contribution < 1.29 is 9.59 Å². The standard InChI is InChI=1S/C17H22N4O2S/c1-9(2)7-12-19-17(24-20-12)18-5-6-21-15(22)13-10-3-4-11(8-10)14(13)16(21)23/h3-4,9-11,13-14H,5-8H2,1-2H3,(H,18,19,20). The maximum absolute atomic E-state index is 12.6. The fourth-order valence-corrected chi connectivity index (χ4v) is 4.85. The van der Waals surface area contributed by atoms with E-state index in [0.717, 1.165) is 23.8 Å². The third-order valence-electron chi connectivity index (χ3n) is 5.23. The molecule has 0 radical (unpaired) electrons. The van der Waals surface area contributed by atoms with Crippen molar-refractivity contribution >= 4 is 28.5 Å². The number of nitrogens with one attached hydrogen (secondary N) is 1. The third kappa shape index (κ3) is 2.55. The number of anilines is 1. The molecule has 1 aliphatic heterocycles. The van der Waals surface area contributed by atoms with E-state index in [9.17, 15) is 9.59 Å². The number of hydrogen-bond acceptors (Lipinski definition) is 6. The van der Waals surface area contributed by atoms with Gasteiger partial charge >= 0.3 is 0 Å². The summed E-state index contributed by atoms with van der Waals surface area (Å²) in [5, 5.41) is 3.95. The fraction of sp³-hybridized carbons (Fsp3) is 0.647. The van der Waals surface area contributed by atoms with Crippen molar-refractivity contribution in [1.82, 2.24) is 14.3 Å². The van der Waals surface area contributed by atoms with Crippen molar-refractivity contribution in [2.75, 3.05) is 18.4 Å². The minimum atomic E-state index is -0.105. The van der Waals surface area contributed by atoms with Gasteiger partial charge in [0, 0.05) is 31.0 Å². The molecule has 1 saturated carbocycles. The lowest BCUT2D eigenvalue weighted by Gasteiger charge is -2.17. The van der Waals surface area contributed by atoms with E-state index in [1.807, 2.05) is 0 Å². The van der Waals surface area contributed by atoms with Gasteiger partial charge in [-0.1, -0.05) is 26.0 Å². The van der Waals surface area contributed by atoms with E-state index in [1.165, 1.54) is 16.4 Å². The van der Waals surface area contributed by atoms with Crippen LogP contribution in [0, 0.1) is 29.6 Å². The van der Waals surface area contributed by atoms with Crippen LogP contribution in [-0.2, 0) is 16.0 Å². The average molecular weight is 346 g/mol. The molecule has 0 aromatic carbocycles. The van der Waals surface area contributed by atoms with Gasteiger partial charge in [0.25, 0.3) is 0 Å². The Balaban J connectivity index is 1.33. The zero-order chi connectivity index (χ0) is 16.8. The third-order valence-corrected chi connectivity index (χ3v) is 5.94. The molecule has 128 valence electrons. The molecule has 1 N–H and O–H groups in total. The minimum absolute atomic E-state index is 0.0152. The van der Waals surface area contributed by atoms with E-state index >= 15 is 0 Å². The number of carbonyl (C=O) groups is 2. The number of aromatic nitrogens is 2. The molecular formula is C17H22N4O2S. The summed E-state index contributed by atoms with van der Waals surface area (Å²) in [5.41, 5.74) is 0. The van der Waals surface area contributed by atoms with Crippen molar-refractivity contribution in [1.29, 1.82) is 0 Å². The molecule has 1 saturated heterocycles. The van der Waals surface area contributed by atoms with E-state index in [4.69, 9.17) is 0 Å². The normalized spacial score (nSPS) is 30.7. The predicted octanol–water partition coefficient (Wildman–Crippen LogP) is 1.96. The van der Waals surface area contributed by atoms with E-state index in [0.29, 0.717) is 19.0 Å². The molecule has 7 heteroatoms. The Bertz CT molecular complexity index is 669. The van der Waals surface area contributed by atoms with Crippen LogP contribution in [-0.4, -0.2) is 39.2 Å². The van der Waals surface area contributed by atoms with Crippen molar-refractivity contribution in [3.05, 3.63) is 18.0 Å². The van der Waals surface area contributed by atoms with Crippen molar-refractivity contribution in [3.63, 3.8) is 0 Å². The van der Waals surface area contributed by atoms with Crippen LogP contribution in [0.3, 0.4) is 0 Å². The van der Waals surface area contributed by atoms with Gasteiger partial charge in [-0.2, -0.15) is 4.37 Å². The van der Waals surface area contributed by atoms with Gasteiger partial charge in [0.05, 0.1) is 11.8 Å². The Hall–Kier alpha value is -1.76. The minimum Gasteiger partial charge on any atom is -0.358 e. The van der Waals surface area contributed by atoms with Gasteiger partial charge < -0.3 is 5.32 Å². The molecule has 2 amide bonds. The summed E-state index contributed by atoms with van der Waals surface area (Å²) < 4.78 is 4.32. The van der Waals surface area contributed by atoms with Crippen molar-refractivity contribution in [2.24, 2.45) is 29.6 Å². The highest BCUT2D eigenvalue weighted by atomic mass is 32.1. The zero-order valence-electron chi connectivity index (χ0n) is 13.9. The molecule has 24 heavy (non-hydrogen) atoms. The summed E-state index contributed by atoms with van der Waals surface area (Å²) in [6, 6.07) is 0. The van der Waals surface area contributed by atoms with E-state index < -0.39 is 0 Å². The Kier molecular flexibility index (Phi) is 3.90. The fourth-order valence-electron chi connectivity index (χ4n) is 4.23. The van der Waals surface area contributed by atoms with Crippen LogP contribution in [0.2, 0.25) is 0 Å². The summed E-state index contributed by atoms with van der Waals surface area (Å²) in [6.07, 6.45) is 6.08. The Morgan fingerprint density at radius 3 is 2.54 bits per heavy atom. The number of hydrogen-bond donors (Lipinski definition) is 1. The second-order valence-corrected chi connectivity index (χ2v) is 8.12. The first-order valence-electron chi connectivity index (χ1n) is 8.64. The number of carbonyl (C=O) groups excluding carboxylic acids is 2. The number of amides is 2. The highest BCUT2D eigenvalue weighted by molar-refractivity contribution is 7.09. The maximum Gasteiger partial charge on any atom is 0.233 e. The first-order chi connectivity index (χ1) is 11.5. The first kappa shape index (κ1) is 15.7. The summed E-state index contributed by atoms with van der Waals surface area (Å²) in [4.78, 5) is 31.0. The van der Waals surface area contributed by atoms with Gasteiger partial charge in [-0.25, -0.2) is 4.98 Å². The Morgan fingerprint density at radius 2 is 1.92 bits per heavy atom. The van der Waals surface area contributed by atoms with E-state index in [1.54, 1.807) is 0 Å². The number of allylic oxidation sites excluding steroid dienone is 2. The van der Waals surface area contributed by atoms with Crippen LogP contribution in [0.1, 0.15) is 26.1 Å². The molecule has 4 rings (SSSR count). The lowest BCUT2D eigenvalue weighted by atomic mass is 9.85. The van der Waals surface area contributed by atoms with Crippen molar-refractivity contribution in [2.45, 2.75) is 26.7 Å². The highest BCUT2D eigenvalue weighted by Crippen LogP contribution is 2.52. The summed E-state index contributed by atoms with van der Waals surface area (Å²) >= 11 is 1.33. The van der Waals surface area contributed by atoms with Gasteiger partial charge in [0.15, 0.2) is 0 Å². The number of likely N-dealkylation sites (tertiary alicyclic amines) is 1. The molecular weight excluding hydrogens is 324 g/mol. The zero-order valence-corrected chi connectivity index (χ0v) is 14.8. The summed E-state index contributed by atoms with van der Waals surface area (Å²) in [7, 11) is 0. The molecule has 2 bridgehead atoms. The molecule has 3 aliphatic rings. The number of rotatable bonds is 6. The number of imide groups is 1. The maximum atomic E-state index is 12.6. The van der Waals surface area contributed by atoms with Crippen LogP contribution < -0.4 is 5.32 Å². The quantitative estimate of drug-likeness (QED) is 0.629. The molecule has 2 heterocycles. The van der Waals surface area contributed by atoms with Gasteiger partial charge in [0.1, 0.15) is 5.82 Å². The van der Waals surface area contributed by atoms with Crippen LogP contribution >= 0.6 is 11.5 Å². The highest BCUT2D eigenvalue weighted by Gasteiger charge is 2.58. The van der Waals surface area contributed by atoms with Gasteiger partial charge in [-0.05, 0) is 24.2 Å². The Morgan fingerprint density at radius 1 is 1.25 bits per heavy atom. The topological polar surface area (TPSA) is 75.2 Å². The second-order valence-electron chi connectivity index (χ2n) is 7.37. The summed E-state index contributed by atoms with van der Waals surface area (Å²) in [5.74, 6) is 1.74. The molecule has 1 aromatic heterocycles. The molecule has 1 aromatic rings. The SMILES string of the molecule is CC(C)Cc1nsc(NCCN2C(=O)C3C4C=CC(C4)C3C2=O)n1. The monoisotopic (exact) mass is 346 g/mol.